The molecule has 32 heavy (non-hydrogen) atoms. The number of hydrogen-bond acceptors (Lipinski definition) is 6. The average Bonchev–Trinajstić information content (AvgIpc) is 3.31. The second-order valence-electron chi connectivity index (χ2n) is 7.20. The number of rotatable bonds is 6. The molecule has 1 aliphatic heterocycles. The Bertz CT molecular complexity index is 1160. The molecule has 0 N–H and O–H groups in total. The quantitative estimate of drug-likeness (QED) is 0.320. The van der Waals surface area contributed by atoms with E-state index in [9.17, 15) is 14.0 Å². The van der Waals surface area contributed by atoms with Crippen molar-refractivity contribution in [3.63, 3.8) is 0 Å². The summed E-state index contributed by atoms with van der Waals surface area (Å²) in [4.78, 5) is 26.4. The molecule has 0 radical (unpaired) electrons. The van der Waals surface area contributed by atoms with Crippen molar-refractivity contribution in [3.8, 4) is 11.3 Å². The van der Waals surface area contributed by atoms with E-state index in [-0.39, 0.29) is 11.3 Å². The number of methoxy groups -OCH3 is 1. The largest absolute Gasteiger partial charge is 0.465 e. The Hall–Kier alpha value is -3.71. The van der Waals surface area contributed by atoms with Gasteiger partial charge in [-0.05, 0) is 48.6 Å². The number of esters is 1. The molecule has 2 aromatic carbocycles. The molecule has 6 nitrogen and oxygen atoms in total. The van der Waals surface area contributed by atoms with Gasteiger partial charge < -0.3 is 18.8 Å². The first-order valence-corrected chi connectivity index (χ1v) is 10.2. The highest BCUT2D eigenvalue weighted by Gasteiger charge is 2.17. The maximum atomic E-state index is 14.6. The van der Waals surface area contributed by atoms with Crippen molar-refractivity contribution in [2.75, 3.05) is 38.3 Å². The molecule has 3 aromatic rings. The lowest BCUT2D eigenvalue weighted by Crippen LogP contribution is -2.36. The van der Waals surface area contributed by atoms with Gasteiger partial charge in [-0.2, -0.15) is 0 Å². The van der Waals surface area contributed by atoms with E-state index < -0.39 is 11.8 Å². The van der Waals surface area contributed by atoms with E-state index in [1.807, 2.05) is 4.90 Å². The third-order valence-electron chi connectivity index (χ3n) is 5.21. The summed E-state index contributed by atoms with van der Waals surface area (Å²) in [6.45, 7) is 2.34. The first-order valence-electron chi connectivity index (χ1n) is 10.2. The predicted octanol–water partition coefficient (Wildman–Crippen LogP) is 4.61. The number of ketones is 1. The van der Waals surface area contributed by atoms with E-state index in [1.165, 1.54) is 25.3 Å². The molecule has 1 saturated heterocycles. The van der Waals surface area contributed by atoms with Crippen molar-refractivity contribution in [1.82, 2.24) is 0 Å². The second kappa shape index (κ2) is 9.62. The van der Waals surface area contributed by atoms with E-state index in [4.69, 9.17) is 13.9 Å². The van der Waals surface area contributed by atoms with Crippen molar-refractivity contribution in [2.24, 2.45) is 0 Å². The lowest BCUT2D eigenvalue weighted by Gasteiger charge is -2.29. The number of hydrogen-bond donors (Lipinski definition) is 0. The SMILES string of the molecule is COC(=O)c1ccccc1-c1ccc(C=CC(=O)c2ccc(N3CCOCC3)c(F)c2)o1. The summed E-state index contributed by atoms with van der Waals surface area (Å²) in [7, 11) is 1.32. The molecular formula is C25H22FNO5. The van der Waals surface area contributed by atoms with Crippen molar-refractivity contribution in [1.29, 1.82) is 0 Å². The average molecular weight is 435 g/mol. The number of furan rings is 1. The molecule has 1 aromatic heterocycles. The number of halogens is 1. The molecule has 0 atom stereocenters. The van der Waals surface area contributed by atoms with Crippen LogP contribution < -0.4 is 4.90 Å². The van der Waals surface area contributed by atoms with Crippen LogP contribution in [-0.4, -0.2) is 45.2 Å². The number of carbonyl (C=O) groups is 2. The molecule has 0 spiro atoms. The summed E-state index contributed by atoms with van der Waals surface area (Å²) in [5.41, 5.74) is 1.69. The third-order valence-corrected chi connectivity index (χ3v) is 5.21. The Morgan fingerprint density at radius 1 is 1.06 bits per heavy atom. The summed E-state index contributed by atoms with van der Waals surface area (Å²) >= 11 is 0. The van der Waals surface area contributed by atoms with Gasteiger partial charge in [-0.3, -0.25) is 4.79 Å². The van der Waals surface area contributed by atoms with Gasteiger partial charge in [0.2, 0.25) is 0 Å². The molecule has 1 fully saturated rings. The standard InChI is InChI=1S/C25H22FNO5/c1-30-25(29)20-5-3-2-4-19(20)24-11-8-18(32-24)7-10-23(28)17-6-9-22(21(26)16-17)27-12-14-31-15-13-27/h2-11,16H,12-15H2,1H3. The number of benzene rings is 2. The van der Waals surface area contributed by atoms with Gasteiger partial charge in [0.05, 0.1) is 31.6 Å². The predicted molar refractivity (Wildman–Crippen MR) is 118 cm³/mol. The Morgan fingerprint density at radius 3 is 2.59 bits per heavy atom. The molecule has 0 aliphatic carbocycles. The molecule has 0 amide bonds. The Balaban J connectivity index is 1.49. The highest BCUT2D eigenvalue weighted by Crippen LogP contribution is 2.27. The maximum Gasteiger partial charge on any atom is 0.338 e. The minimum Gasteiger partial charge on any atom is -0.465 e. The molecule has 1 aliphatic rings. The second-order valence-corrected chi connectivity index (χ2v) is 7.20. The monoisotopic (exact) mass is 435 g/mol. The minimum atomic E-state index is -0.466. The lowest BCUT2D eigenvalue weighted by atomic mass is 10.1. The molecule has 0 saturated carbocycles. The number of morpholine rings is 1. The number of ether oxygens (including phenoxy) is 2. The minimum absolute atomic E-state index is 0.249. The number of nitrogens with zero attached hydrogens (tertiary/aromatic N) is 1. The van der Waals surface area contributed by atoms with E-state index in [0.29, 0.717) is 54.6 Å². The van der Waals surface area contributed by atoms with Crippen LogP contribution >= 0.6 is 0 Å². The highest BCUT2D eigenvalue weighted by atomic mass is 19.1. The van der Waals surface area contributed by atoms with Gasteiger partial charge in [0.1, 0.15) is 17.3 Å². The number of anilines is 1. The summed E-state index contributed by atoms with van der Waals surface area (Å²) in [6, 6.07) is 14.8. The van der Waals surface area contributed by atoms with Crippen LogP contribution in [0.1, 0.15) is 26.5 Å². The third kappa shape index (κ3) is 4.63. The molecule has 0 bridgehead atoms. The van der Waals surface area contributed by atoms with Crippen LogP contribution in [0.15, 0.2) is 65.1 Å². The van der Waals surface area contributed by atoms with Gasteiger partial charge in [-0.25, -0.2) is 9.18 Å². The Labute approximate surface area is 184 Å². The van der Waals surface area contributed by atoms with Gasteiger partial charge in [0, 0.05) is 24.2 Å². The molecule has 2 heterocycles. The fourth-order valence-electron chi connectivity index (χ4n) is 3.55. The van der Waals surface area contributed by atoms with Crippen molar-refractivity contribution >= 4 is 23.5 Å². The summed E-state index contributed by atoms with van der Waals surface area (Å²) in [6.07, 6.45) is 2.85. The molecule has 0 unspecified atom stereocenters. The van der Waals surface area contributed by atoms with Crippen LogP contribution in [0.3, 0.4) is 0 Å². The first kappa shape index (κ1) is 21.5. The lowest BCUT2D eigenvalue weighted by molar-refractivity contribution is 0.0601. The van der Waals surface area contributed by atoms with Crippen molar-refractivity contribution in [2.45, 2.75) is 0 Å². The summed E-state index contributed by atoms with van der Waals surface area (Å²) in [5, 5.41) is 0. The van der Waals surface area contributed by atoms with Crippen LogP contribution in [0.25, 0.3) is 17.4 Å². The summed E-state index contributed by atoms with van der Waals surface area (Å²) < 4.78 is 30.4. The van der Waals surface area contributed by atoms with Gasteiger partial charge in [0.15, 0.2) is 5.78 Å². The topological polar surface area (TPSA) is 69.0 Å². The van der Waals surface area contributed by atoms with Crippen LogP contribution in [-0.2, 0) is 9.47 Å². The van der Waals surface area contributed by atoms with E-state index in [1.54, 1.807) is 48.5 Å². The van der Waals surface area contributed by atoms with E-state index in [0.717, 1.165) is 0 Å². The van der Waals surface area contributed by atoms with Crippen LogP contribution in [0.5, 0.6) is 0 Å². The molecule has 164 valence electrons. The Morgan fingerprint density at radius 2 is 1.84 bits per heavy atom. The van der Waals surface area contributed by atoms with Gasteiger partial charge in [-0.15, -0.1) is 0 Å². The fourth-order valence-corrected chi connectivity index (χ4v) is 3.55. The normalized spacial score (nSPS) is 14.0. The van der Waals surface area contributed by atoms with Crippen LogP contribution in [0.2, 0.25) is 0 Å². The van der Waals surface area contributed by atoms with Gasteiger partial charge in [0.25, 0.3) is 0 Å². The Kier molecular flexibility index (Phi) is 6.47. The zero-order valence-electron chi connectivity index (χ0n) is 17.5. The van der Waals surface area contributed by atoms with Crippen molar-refractivity contribution in [3.05, 3.63) is 83.4 Å². The number of allylic oxidation sites excluding steroid dienone is 1. The molecule has 4 rings (SSSR count). The van der Waals surface area contributed by atoms with Crippen LogP contribution in [0.4, 0.5) is 10.1 Å². The molecule has 7 heteroatoms. The highest BCUT2D eigenvalue weighted by molar-refractivity contribution is 6.07. The van der Waals surface area contributed by atoms with Crippen molar-refractivity contribution < 1.29 is 27.9 Å². The summed E-state index contributed by atoms with van der Waals surface area (Å²) in [5.74, 6) is -0.347. The van der Waals surface area contributed by atoms with Crippen LogP contribution in [0, 0.1) is 5.82 Å². The molecular weight excluding hydrogens is 413 g/mol. The number of carbonyl (C=O) groups excluding carboxylic acids is 2. The van der Waals surface area contributed by atoms with Gasteiger partial charge in [-0.1, -0.05) is 18.2 Å². The zero-order chi connectivity index (χ0) is 22.5. The maximum absolute atomic E-state index is 14.6. The first-order chi connectivity index (χ1) is 15.6. The smallest absolute Gasteiger partial charge is 0.338 e. The zero-order valence-corrected chi connectivity index (χ0v) is 17.5. The fraction of sp³-hybridized carbons (Fsp3) is 0.200. The van der Waals surface area contributed by atoms with Gasteiger partial charge >= 0.3 is 5.97 Å². The van der Waals surface area contributed by atoms with E-state index >= 15 is 0 Å². The van der Waals surface area contributed by atoms with E-state index in [2.05, 4.69) is 0 Å².